The fourth-order valence-corrected chi connectivity index (χ4v) is 4.09. The van der Waals surface area contributed by atoms with Crippen LogP contribution in [0.25, 0.3) is 0 Å². The highest BCUT2D eigenvalue weighted by atomic mass is 79.9. The summed E-state index contributed by atoms with van der Waals surface area (Å²) >= 11 is 3.52. The molecule has 1 unspecified atom stereocenters. The molecule has 1 aromatic heterocycles. The number of halogens is 1. The van der Waals surface area contributed by atoms with Crippen LogP contribution in [-0.2, 0) is 0 Å². The Morgan fingerprint density at radius 3 is 2.88 bits per heavy atom. The van der Waals surface area contributed by atoms with Crippen LogP contribution in [0, 0.1) is 11.3 Å². The van der Waals surface area contributed by atoms with Gasteiger partial charge in [0.05, 0.1) is 11.6 Å². The van der Waals surface area contributed by atoms with Gasteiger partial charge in [-0.25, -0.2) is 9.97 Å². The quantitative estimate of drug-likeness (QED) is 0.757. The second-order valence-electron chi connectivity index (χ2n) is 7.21. The van der Waals surface area contributed by atoms with Crippen LogP contribution in [0.4, 0.5) is 11.5 Å². The highest BCUT2D eigenvalue weighted by molar-refractivity contribution is 9.10. The molecule has 6 heteroatoms. The van der Waals surface area contributed by atoms with Crippen molar-refractivity contribution in [2.75, 3.05) is 29.9 Å². The normalized spacial score (nSPS) is 19.9. The molecule has 0 amide bonds. The van der Waals surface area contributed by atoms with Crippen LogP contribution in [0.1, 0.15) is 43.0 Å². The average molecular weight is 412 g/mol. The monoisotopic (exact) mass is 411 g/mol. The van der Waals surface area contributed by atoms with Crippen molar-refractivity contribution in [3.63, 3.8) is 0 Å². The van der Waals surface area contributed by atoms with E-state index in [2.05, 4.69) is 49.9 Å². The molecule has 1 saturated heterocycles. The van der Waals surface area contributed by atoms with Gasteiger partial charge in [0.25, 0.3) is 0 Å². The van der Waals surface area contributed by atoms with Gasteiger partial charge in [0.15, 0.2) is 0 Å². The summed E-state index contributed by atoms with van der Waals surface area (Å²) in [4.78, 5) is 13.9. The summed E-state index contributed by atoms with van der Waals surface area (Å²) in [6, 6.07) is 10.6. The number of aromatic nitrogens is 2. The second kappa shape index (κ2) is 7.24. The molecular weight excluding hydrogens is 390 g/mol. The molecule has 0 spiro atoms. The number of benzene rings is 1. The number of hydrogen-bond acceptors (Lipinski definition) is 5. The first kappa shape index (κ1) is 17.3. The van der Waals surface area contributed by atoms with E-state index in [1.165, 1.54) is 12.8 Å². The molecule has 0 radical (unpaired) electrons. The molecule has 0 bridgehead atoms. The van der Waals surface area contributed by atoms with E-state index in [4.69, 9.17) is 4.98 Å². The van der Waals surface area contributed by atoms with Crippen molar-refractivity contribution >= 4 is 27.4 Å². The first-order valence-corrected chi connectivity index (χ1v) is 9.95. The maximum atomic E-state index is 9.24. The van der Waals surface area contributed by atoms with E-state index in [9.17, 15) is 5.26 Å². The SMILES string of the molecule is CN(c1ccnc(C2CC2)n1)C1CCCN(c2cc(Br)cc(C#N)c2)C1. The Hall–Kier alpha value is -2.13. The molecule has 1 aliphatic carbocycles. The van der Waals surface area contributed by atoms with Gasteiger partial charge in [-0.1, -0.05) is 15.9 Å². The Balaban J connectivity index is 1.52. The summed E-state index contributed by atoms with van der Waals surface area (Å²) in [7, 11) is 2.13. The zero-order valence-corrected chi connectivity index (χ0v) is 16.5. The topological polar surface area (TPSA) is 56.1 Å². The van der Waals surface area contributed by atoms with E-state index in [0.29, 0.717) is 17.5 Å². The fourth-order valence-electron chi connectivity index (χ4n) is 3.61. The highest BCUT2D eigenvalue weighted by Crippen LogP contribution is 2.38. The number of likely N-dealkylation sites (N-methyl/N-ethyl adjacent to an activating group) is 1. The van der Waals surface area contributed by atoms with E-state index >= 15 is 0 Å². The minimum absolute atomic E-state index is 0.398. The van der Waals surface area contributed by atoms with Crippen molar-refractivity contribution in [1.82, 2.24) is 9.97 Å². The Morgan fingerprint density at radius 1 is 1.27 bits per heavy atom. The summed E-state index contributed by atoms with van der Waals surface area (Å²) in [6.45, 7) is 1.95. The number of nitrogens with zero attached hydrogens (tertiary/aromatic N) is 5. The Morgan fingerprint density at radius 2 is 2.12 bits per heavy atom. The maximum absolute atomic E-state index is 9.24. The molecule has 1 aromatic carbocycles. The van der Waals surface area contributed by atoms with Crippen LogP contribution in [0.15, 0.2) is 34.9 Å². The van der Waals surface area contributed by atoms with Crippen LogP contribution >= 0.6 is 15.9 Å². The van der Waals surface area contributed by atoms with Gasteiger partial charge in [-0.3, -0.25) is 0 Å². The predicted octanol–water partition coefficient (Wildman–Crippen LogP) is 4.09. The Bertz CT molecular complexity index is 842. The third kappa shape index (κ3) is 3.68. The van der Waals surface area contributed by atoms with Crippen LogP contribution < -0.4 is 9.80 Å². The second-order valence-corrected chi connectivity index (χ2v) is 8.13. The molecule has 26 heavy (non-hydrogen) atoms. The van der Waals surface area contributed by atoms with Gasteiger partial charge in [-0.15, -0.1) is 0 Å². The molecule has 1 atom stereocenters. The smallest absolute Gasteiger partial charge is 0.133 e. The van der Waals surface area contributed by atoms with Crippen molar-refractivity contribution in [3.8, 4) is 6.07 Å². The molecule has 2 aromatic rings. The zero-order chi connectivity index (χ0) is 18.1. The minimum atomic E-state index is 0.398. The van der Waals surface area contributed by atoms with Gasteiger partial charge in [-0.05, 0) is 49.9 Å². The predicted molar refractivity (Wildman–Crippen MR) is 107 cm³/mol. The molecular formula is C20H22BrN5. The molecule has 134 valence electrons. The average Bonchev–Trinajstić information content (AvgIpc) is 3.52. The minimum Gasteiger partial charge on any atom is -0.369 e. The van der Waals surface area contributed by atoms with Gasteiger partial charge in [0.1, 0.15) is 11.6 Å². The summed E-state index contributed by atoms with van der Waals surface area (Å²) in [5.41, 5.74) is 1.80. The van der Waals surface area contributed by atoms with Crippen LogP contribution in [0.2, 0.25) is 0 Å². The van der Waals surface area contributed by atoms with Gasteiger partial charge in [-0.2, -0.15) is 5.26 Å². The number of hydrogen-bond donors (Lipinski definition) is 0. The summed E-state index contributed by atoms with van der Waals surface area (Å²) in [5, 5.41) is 9.24. The Labute approximate surface area is 162 Å². The van der Waals surface area contributed by atoms with Crippen molar-refractivity contribution in [1.29, 1.82) is 5.26 Å². The van der Waals surface area contributed by atoms with Crippen LogP contribution in [-0.4, -0.2) is 36.1 Å². The summed E-state index contributed by atoms with van der Waals surface area (Å²) in [6.07, 6.45) is 6.60. The van der Waals surface area contributed by atoms with Crippen LogP contribution in [0.3, 0.4) is 0 Å². The third-order valence-electron chi connectivity index (χ3n) is 5.28. The van der Waals surface area contributed by atoms with Gasteiger partial charge in [0.2, 0.25) is 0 Å². The molecule has 2 aliphatic rings. The van der Waals surface area contributed by atoms with E-state index in [-0.39, 0.29) is 0 Å². The van der Waals surface area contributed by atoms with E-state index in [0.717, 1.165) is 47.7 Å². The standard InChI is InChI=1S/C20H22BrN5/c1-25(19-6-7-23-20(24-19)15-4-5-15)17-3-2-8-26(13-17)18-10-14(12-22)9-16(21)11-18/h6-7,9-11,15,17H,2-5,8,13H2,1H3. The van der Waals surface area contributed by atoms with Crippen molar-refractivity contribution in [2.24, 2.45) is 0 Å². The van der Waals surface area contributed by atoms with Crippen molar-refractivity contribution in [3.05, 3.63) is 46.3 Å². The van der Waals surface area contributed by atoms with Crippen molar-refractivity contribution < 1.29 is 0 Å². The van der Waals surface area contributed by atoms with Crippen LogP contribution in [0.5, 0.6) is 0 Å². The summed E-state index contributed by atoms with van der Waals surface area (Å²) in [5.74, 6) is 2.57. The van der Waals surface area contributed by atoms with Crippen molar-refractivity contribution in [2.45, 2.75) is 37.6 Å². The molecule has 1 saturated carbocycles. The lowest BCUT2D eigenvalue weighted by Gasteiger charge is -2.39. The number of nitriles is 1. The lowest BCUT2D eigenvalue weighted by atomic mass is 10.0. The van der Waals surface area contributed by atoms with Gasteiger partial charge in [0, 0.05) is 48.5 Å². The maximum Gasteiger partial charge on any atom is 0.133 e. The van der Waals surface area contributed by atoms with Gasteiger partial charge >= 0.3 is 0 Å². The molecule has 2 fully saturated rings. The van der Waals surface area contributed by atoms with E-state index in [1.54, 1.807) is 0 Å². The lowest BCUT2D eigenvalue weighted by molar-refractivity contribution is 0.485. The molecule has 1 aliphatic heterocycles. The lowest BCUT2D eigenvalue weighted by Crippen LogP contribution is -2.47. The van der Waals surface area contributed by atoms with E-state index < -0.39 is 0 Å². The molecule has 4 rings (SSSR count). The zero-order valence-electron chi connectivity index (χ0n) is 14.9. The summed E-state index contributed by atoms with van der Waals surface area (Å²) < 4.78 is 0.951. The van der Waals surface area contributed by atoms with Gasteiger partial charge < -0.3 is 9.80 Å². The molecule has 0 N–H and O–H groups in total. The van der Waals surface area contributed by atoms with E-state index in [1.807, 2.05) is 24.4 Å². The molecule has 5 nitrogen and oxygen atoms in total. The largest absolute Gasteiger partial charge is 0.369 e. The number of anilines is 2. The number of rotatable bonds is 4. The Kier molecular flexibility index (Phi) is 4.82. The number of piperidine rings is 1. The molecule has 2 heterocycles. The fraction of sp³-hybridized carbons (Fsp3) is 0.450. The first-order valence-electron chi connectivity index (χ1n) is 9.15. The third-order valence-corrected chi connectivity index (χ3v) is 5.74. The first-order chi connectivity index (χ1) is 12.6. The highest BCUT2D eigenvalue weighted by Gasteiger charge is 2.28.